The van der Waals surface area contributed by atoms with E-state index in [1.807, 2.05) is 0 Å². The minimum atomic E-state index is -1.43. The number of unbranched alkanes of at least 4 members (excludes halogenated alkanes) is 1. The van der Waals surface area contributed by atoms with Gasteiger partial charge in [0, 0.05) is 13.1 Å². The first-order chi connectivity index (χ1) is 10.4. The van der Waals surface area contributed by atoms with Crippen LogP contribution in [0.3, 0.4) is 0 Å². The number of nitrogens with one attached hydrogen (secondary N) is 2. The molecule has 1 heterocycles. The van der Waals surface area contributed by atoms with Gasteiger partial charge >= 0.3 is 0 Å². The van der Waals surface area contributed by atoms with Gasteiger partial charge in [0.1, 0.15) is 18.3 Å². The van der Waals surface area contributed by atoms with Gasteiger partial charge in [0.05, 0.1) is 6.10 Å². The first-order valence-electron chi connectivity index (χ1n) is 8.00. The fraction of sp³-hybridized carbons (Fsp3) is 0.933. The molecular formula is C15H30N2O5. The first-order valence-corrected chi connectivity index (χ1v) is 8.00. The van der Waals surface area contributed by atoms with E-state index in [2.05, 4.69) is 24.5 Å². The van der Waals surface area contributed by atoms with Gasteiger partial charge in [0.15, 0.2) is 6.10 Å². The van der Waals surface area contributed by atoms with Gasteiger partial charge in [-0.05, 0) is 19.4 Å². The highest BCUT2D eigenvalue weighted by Crippen LogP contribution is 2.21. The average molecular weight is 318 g/mol. The molecule has 0 aliphatic carbocycles. The molecule has 7 heteroatoms. The Balaban J connectivity index is 2.45. The van der Waals surface area contributed by atoms with Gasteiger partial charge in [0.2, 0.25) is 0 Å². The molecule has 5 atom stereocenters. The topological polar surface area (TPSA) is 111 Å². The molecule has 0 bridgehead atoms. The van der Waals surface area contributed by atoms with E-state index in [0.29, 0.717) is 12.5 Å². The van der Waals surface area contributed by atoms with E-state index < -0.39 is 36.4 Å². The molecule has 1 amide bonds. The lowest BCUT2D eigenvalue weighted by atomic mass is 9.94. The molecule has 0 aromatic carbocycles. The Bertz CT molecular complexity index is 340. The Morgan fingerprint density at radius 1 is 1.14 bits per heavy atom. The maximum absolute atomic E-state index is 12.1. The van der Waals surface area contributed by atoms with Crippen LogP contribution < -0.4 is 10.6 Å². The van der Waals surface area contributed by atoms with Crippen molar-refractivity contribution in [3.63, 3.8) is 0 Å². The minimum Gasteiger partial charge on any atom is -0.388 e. The van der Waals surface area contributed by atoms with E-state index in [-0.39, 0.29) is 6.54 Å². The van der Waals surface area contributed by atoms with E-state index in [9.17, 15) is 20.1 Å². The molecule has 5 unspecified atom stereocenters. The number of hydrogen-bond donors (Lipinski definition) is 5. The van der Waals surface area contributed by atoms with Crippen LogP contribution in [-0.4, -0.2) is 71.9 Å². The molecule has 5 N–H and O–H groups in total. The highest BCUT2D eigenvalue weighted by Gasteiger charge is 2.46. The molecule has 1 fully saturated rings. The summed E-state index contributed by atoms with van der Waals surface area (Å²) < 4.78 is 5.44. The van der Waals surface area contributed by atoms with Gasteiger partial charge in [-0.1, -0.05) is 26.7 Å². The number of aliphatic hydroxyl groups excluding tert-OH is 3. The molecule has 0 aromatic rings. The summed E-state index contributed by atoms with van der Waals surface area (Å²) >= 11 is 0. The van der Waals surface area contributed by atoms with Crippen LogP contribution in [0.2, 0.25) is 0 Å². The lowest BCUT2D eigenvalue weighted by molar-refractivity contribution is -0.219. The summed E-state index contributed by atoms with van der Waals surface area (Å²) in [5, 5.41) is 35.1. The maximum atomic E-state index is 12.1. The third-order valence-electron chi connectivity index (χ3n) is 3.88. The van der Waals surface area contributed by atoms with Crippen molar-refractivity contribution in [2.45, 2.75) is 63.6 Å². The van der Waals surface area contributed by atoms with Gasteiger partial charge in [-0.2, -0.15) is 0 Å². The second-order valence-corrected chi connectivity index (χ2v) is 6.31. The van der Waals surface area contributed by atoms with E-state index in [0.717, 1.165) is 19.3 Å². The van der Waals surface area contributed by atoms with Gasteiger partial charge in [-0.15, -0.1) is 0 Å². The van der Waals surface area contributed by atoms with E-state index in [1.54, 1.807) is 7.05 Å². The standard InChI is InChI=1S/C15H30N2O5/c1-9(2)6-4-5-7-17-15(21)14-13(20)12(19)11(18)10(22-14)8-16-3/h9-14,16,18-20H,4-8H2,1-3H3,(H,17,21). The number of aliphatic hydroxyl groups is 3. The number of ether oxygens (including phenoxy) is 1. The van der Waals surface area contributed by atoms with E-state index >= 15 is 0 Å². The number of likely N-dealkylation sites (N-methyl/N-ethyl adjacent to an activating group) is 1. The Kier molecular flexibility index (Phi) is 8.27. The molecule has 22 heavy (non-hydrogen) atoms. The number of hydrogen-bond acceptors (Lipinski definition) is 6. The van der Waals surface area contributed by atoms with E-state index in [1.165, 1.54) is 0 Å². The summed E-state index contributed by atoms with van der Waals surface area (Å²) in [5.74, 6) is 0.183. The van der Waals surface area contributed by atoms with Gasteiger partial charge in [-0.25, -0.2) is 0 Å². The lowest BCUT2D eigenvalue weighted by Gasteiger charge is -2.39. The zero-order valence-electron chi connectivity index (χ0n) is 13.7. The predicted octanol–water partition coefficient (Wildman–Crippen LogP) is -1.00. The van der Waals surface area contributed by atoms with Crippen molar-refractivity contribution in [2.75, 3.05) is 20.1 Å². The summed E-state index contributed by atoms with van der Waals surface area (Å²) in [6.45, 7) is 5.09. The van der Waals surface area contributed by atoms with Crippen LogP contribution >= 0.6 is 0 Å². The van der Waals surface area contributed by atoms with Crippen LogP contribution in [0.25, 0.3) is 0 Å². The maximum Gasteiger partial charge on any atom is 0.251 e. The average Bonchev–Trinajstić information content (AvgIpc) is 2.47. The third kappa shape index (κ3) is 5.48. The molecule has 0 radical (unpaired) electrons. The number of rotatable bonds is 8. The molecule has 1 aliphatic rings. The minimum absolute atomic E-state index is 0.281. The van der Waals surface area contributed by atoms with Crippen molar-refractivity contribution in [3.05, 3.63) is 0 Å². The van der Waals surface area contributed by atoms with Crippen LogP contribution in [0.5, 0.6) is 0 Å². The van der Waals surface area contributed by atoms with Crippen LogP contribution in [0.15, 0.2) is 0 Å². The van der Waals surface area contributed by atoms with Crippen molar-refractivity contribution in [1.29, 1.82) is 0 Å². The molecule has 0 spiro atoms. The van der Waals surface area contributed by atoms with Crippen molar-refractivity contribution in [3.8, 4) is 0 Å². The van der Waals surface area contributed by atoms with Crippen LogP contribution in [0.4, 0.5) is 0 Å². The normalized spacial score (nSPS) is 32.2. The van der Waals surface area contributed by atoms with Crippen LogP contribution in [0.1, 0.15) is 33.1 Å². The number of carbonyl (C=O) groups excluding carboxylic acids is 1. The third-order valence-corrected chi connectivity index (χ3v) is 3.88. The summed E-state index contributed by atoms with van der Waals surface area (Å²) in [6, 6.07) is 0. The Morgan fingerprint density at radius 2 is 1.82 bits per heavy atom. The summed E-state index contributed by atoms with van der Waals surface area (Å²) in [7, 11) is 1.68. The highest BCUT2D eigenvalue weighted by molar-refractivity contribution is 5.81. The Morgan fingerprint density at radius 3 is 2.41 bits per heavy atom. The van der Waals surface area contributed by atoms with Gasteiger partial charge in [-0.3, -0.25) is 4.79 Å². The van der Waals surface area contributed by atoms with Crippen molar-refractivity contribution < 1.29 is 24.9 Å². The highest BCUT2D eigenvalue weighted by atomic mass is 16.5. The molecular weight excluding hydrogens is 288 g/mol. The lowest BCUT2D eigenvalue weighted by Crippen LogP contribution is -2.63. The van der Waals surface area contributed by atoms with Crippen LogP contribution in [-0.2, 0) is 9.53 Å². The second-order valence-electron chi connectivity index (χ2n) is 6.31. The van der Waals surface area contributed by atoms with E-state index in [4.69, 9.17) is 4.74 Å². The quantitative estimate of drug-likeness (QED) is 0.367. The van der Waals surface area contributed by atoms with Crippen LogP contribution in [0, 0.1) is 5.92 Å². The molecule has 0 aromatic heterocycles. The summed E-state index contributed by atoms with van der Waals surface area (Å²) in [6.07, 6.45) is -2.97. The number of amides is 1. The Labute approximate surface area is 132 Å². The van der Waals surface area contributed by atoms with Crippen molar-refractivity contribution >= 4 is 5.91 Å². The molecule has 1 saturated heterocycles. The SMILES string of the molecule is CNCC1OC(C(=O)NCCCCC(C)C)C(O)C(O)C1O. The molecule has 1 rings (SSSR count). The smallest absolute Gasteiger partial charge is 0.251 e. The summed E-state index contributed by atoms with van der Waals surface area (Å²) in [4.78, 5) is 12.1. The second kappa shape index (κ2) is 9.42. The largest absolute Gasteiger partial charge is 0.388 e. The molecule has 130 valence electrons. The van der Waals surface area contributed by atoms with Gasteiger partial charge in [0.25, 0.3) is 5.91 Å². The van der Waals surface area contributed by atoms with Crippen molar-refractivity contribution in [1.82, 2.24) is 10.6 Å². The van der Waals surface area contributed by atoms with Crippen molar-refractivity contribution in [2.24, 2.45) is 5.92 Å². The number of carbonyl (C=O) groups is 1. The molecule has 7 nitrogen and oxygen atoms in total. The molecule has 1 aliphatic heterocycles. The zero-order valence-corrected chi connectivity index (χ0v) is 13.7. The predicted molar refractivity (Wildman–Crippen MR) is 82.3 cm³/mol. The fourth-order valence-electron chi connectivity index (χ4n) is 2.53. The zero-order chi connectivity index (χ0) is 16.7. The van der Waals surface area contributed by atoms with Gasteiger partial charge < -0.3 is 30.7 Å². The summed E-state index contributed by atoms with van der Waals surface area (Å²) in [5.41, 5.74) is 0. The fourth-order valence-corrected chi connectivity index (χ4v) is 2.53. The monoisotopic (exact) mass is 318 g/mol. The Hall–Kier alpha value is -0.730. The molecule has 0 saturated carbocycles. The first kappa shape index (κ1) is 19.3.